The molecular formula is C11H12O2. The molecule has 2 nitrogen and oxygen atoms in total. The van der Waals surface area contributed by atoms with Crippen LogP contribution in [0.15, 0.2) is 24.3 Å². The van der Waals surface area contributed by atoms with Crippen LogP contribution in [0.2, 0.25) is 0 Å². The van der Waals surface area contributed by atoms with Gasteiger partial charge in [0.05, 0.1) is 7.11 Å². The number of hydrogen-bond acceptors (Lipinski definition) is 2. The van der Waals surface area contributed by atoms with Crippen LogP contribution in [0.25, 0.3) is 0 Å². The van der Waals surface area contributed by atoms with Gasteiger partial charge in [0.1, 0.15) is 18.5 Å². The third-order valence-electron chi connectivity index (χ3n) is 1.74. The third kappa shape index (κ3) is 3.08. The summed E-state index contributed by atoms with van der Waals surface area (Å²) in [4.78, 5) is 0. The molecule has 0 aromatic heterocycles. The Bertz CT molecular complexity index is 282. The van der Waals surface area contributed by atoms with Crippen LogP contribution in [0.5, 0.6) is 5.75 Å². The van der Waals surface area contributed by atoms with E-state index in [0.717, 1.165) is 12.2 Å². The lowest BCUT2D eigenvalue weighted by molar-refractivity contribution is 0.282. The first-order valence-corrected chi connectivity index (χ1v) is 4.07. The van der Waals surface area contributed by atoms with Crippen molar-refractivity contribution in [3.8, 4) is 18.3 Å². The SMILES string of the molecule is C#COCCc1ccc(OC)cc1. The lowest BCUT2D eigenvalue weighted by Crippen LogP contribution is -1.93. The van der Waals surface area contributed by atoms with Gasteiger partial charge in [-0.1, -0.05) is 18.6 Å². The standard InChI is InChI=1S/C11H12O2/c1-3-13-9-8-10-4-6-11(12-2)7-5-10/h1,4-7H,8-9H2,2H3. The lowest BCUT2D eigenvalue weighted by atomic mass is 10.1. The predicted octanol–water partition coefficient (Wildman–Crippen LogP) is 1.84. The smallest absolute Gasteiger partial charge is 0.118 e. The molecule has 0 saturated carbocycles. The molecule has 0 unspecified atom stereocenters. The Morgan fingerprint density at radius 3 is 2.54 bits per heavy atom. The van der Waals surface area contributed by atoms with Crippen molar-refractivity contribution in [2.75, 3.05) is 13.7 Å². The van der Waals surface area contributed by atoms with Crippen molar-refractivity contribution in [3.05, 3.63) is 29.8 Å². The predicted molar refractivity (Wildman–Crippen MR) is 51.5 cm³/mol. The van der Waals surface area contributed by atoms with E-state index in [1.54, 1.807) is 7.11 Å². The van der Waals surface area contributed by atoms with E-state index >= 15 is 0 Å². The maximum Gasteiger partial charge on any atom is 0.118 e. The second kappa shape index (κ2) is 5.10. The maximum absolute atomic E-state index is 5.03. The molecule has 0 saturated heterocycles. The van der Waals surface area contributed by atoms with E-state index in [1.807, 2.05) is 24.3 Å². The Hall–Kier alpha value is -1.62. The fourth-order valence-corrected chi connectivity index (χ4v) is 1.02. The van der Waals surface area contributed by atoms with Crippen molar-refractivity contribution < 1.29 is 9.47 Å². The van der Waals surface area contributed by atoms with E-state index in [1.165, 1.54) is 5.56 Å². The molecule has 0 N–H and O–H groups in total. The van der Waals surface area contributed by atoms with Crippen LogP contribution >= 0.6 is 0 Å². The molecule has 0 amide bonds. The fraction of sp³-hybridized carbons (Fsp3) is 0.273. The number of methoxy groups -OCH3 is 1. The highest BCUT2D eigenvalue weighted by Crippen LogP contribution is 2.11. The first kappa shape index (κ1) is 9.47. The van der Waals surface area contributed by atoms with Crippen molar-refractivity contribution in [2.24, 2.45) is 0 Å². The van der Waals surface area contributed by atoms with Gasteiger partial charge in [-0.3, -0.25) is 0 Å². The minimum atomic E-state index is 0.558. The van der Waals surface area contributed by atoms with Gasteiger partial charge in [-0.2, -0.15) is 0 Å². The Morgan fingerprint density at radius 2 is 2.00 bits per heavy atom. The van der Waals surface area contributed by atoms with E-state index in [-0.39, 0.29) is 0 Å². The van der Waals surface area contributed by atoms with Crippen LogP contribution < -0.4 is 4.74 Å². The summed E-state index contributed by atoms with van der Waals surface area (Å²) in [5.74, 6) is 0.863. The quantitative estimate of drug-likeness (QED) is 0.515. The van der Waals surface area contributed by atoms with E-state index in [9.17, 15) is 0 Å². The van der Waals surface area contributed by atoms with Gasteiger partial charge in [0.25, 0.3) is 0 Å². The van der Waals surface area contributed by atoms with Crippen molar-refractivity contribution >= 4 is 0 Å². The van der Waals surface area contributed by atoms with Crippen LogP contribution in [0, 0.1) is 12.5 Å². The van der Waals surface area contributed by atoms with Crippen LogP contribution in [0.3, 0.4) is 0 Å². The molecule has 68 valence electrons. The average Bonchev–Trinajstić information content (AvgIpc) is 2.19. The minimum Gasteiger partial charge on any atom is -0.497 e. The monoisotopic (exact) mass is 176 g/mol. The Labute approximate surface area is 78.5 Å². The summed E-state index contributed by atoms with van der Waals surface area (Å²) in [6.07, 6.45) is 7.91. The zero-order chi connectivity index (χ0) is 9.52. The Balaban J connectivity index is 2.45. The molecule has 13 heavy (non-hydrogen) atoms. The normalized spacial score (nSPS) is 8.92. The van der Waals surface area contributed by atoms with Gasteiger partial charge >= 0.3 is 0 Å². The van der Waals surface area contributed by atoms with Gasteiger partial charge in [-0.25, -0.2) is 0 Å². The number of terminal acetylenes is 1. The molecule has 2 heteroatoms. The first-order valence-electron chi connectivity index (χ1n) is 4.07. The molecule has 0 spiro atoms. The first-order chi connectivity index (χ1) is 6.36. The van der Waals surface area contributed by atoms with E-state index in [2.05, 4.69) is 6.11 Å². The molecule has 0 aliphatic heterocycles. The molecular weight excluding hydrogens is 164 g/mol. The van der Waals surface area contributed by atoms with Gasteiger partial charge in [-0.15, -0.1) is 0 Å². The van der Waals surface area contributed by atoms with Crippen molar-refractivity contribution in [2.45, 2.75) is 6.42 Å². The topological polar surface area (TPSA) is 18.5 Å². The Kier molecular flexibility index (Phi) is 3.72. The van der Waals surface area contributed by atoms with Crippen molar-refractivity contribution in [1.82, 2.24) is 0 Å². The number of benzene rings is 1. The summed E-state index contributed by atoms with van der Waals surface area (Å²) in [6.45, 7) is 0.558. The van der Waals surface area contributed by atoms with Crippen LogP contribution in [0.4, 0.5) is 0 Å². The van der Waals surface area contributed by atoms with Crippen molar-refractivity contribution in [3.63, 3.8) is 0 Å². The van der Waals surface area contributed by atoms with Crippen LogP contribution in [-0.2, 0) is 11.2 Å². The summed E-state index contributed by atoms with van der Waals surface area (Å²) < 4.78 is 9.82. The molecule has 0 fully saturated rings. The Morgan fingerprint density at radius 1 is 1.31 bits per heavy atom. The number of hydrogen-bond donors (Lipinski definition) is 0. The molecule has 1 aromatic rings. The maximum atomic E-state index is 5.03. The molecule has 1 aromatic carbocycles. The molecule has 0 heterocycles. The van der Waals surface area contributed by atoms with E-state index in [4.69, 9.17) is 15.9 Å². The highest BCUT2D eigenvalue weighted by atomic mass is 16.5. The van der Waals surface area contributed by atoms with Gasteiger partial charge < -0.3 is 9.47 Å². The molecule has 0 atom stereocenters. The summed E-state index contributed by atoms with van der Waals surface area (Å²) in [6, 6.07) is 7.84. The van der Waals surface area contributed by atoms with Gasteiger partial charge in [0.15, 0.2) is 0 Å². The summed E-state index contributed by atoms with van der Waals surface area (Å²) in [5.41, 5.74) is 1.19. The van der Waals surface area contributed by atoms with E-state index in [0.29, 0.717) is 6.61 Å². The van der Waals surface area contributed by atoms with Gasteiger partial charge in [-0.05, 0) is 17.7 Å². The summed E-state index contributed by atoms with van der Waals surface area (Å²) >= 11 is 0. The largest absolute Gasteiger partial charge is 0.497 e. The van der Waals surface area contributed by atoms with Gasteiger partial charge in [0, 0.05) is 6.42 Å². The molecule has 0 bridgehead atoms. The zero-order valence-electron chi connectivity index (χ0n) is 7.62. The minimum absolute atomic E-state index is 0.558. The molecule has 0 aliphatic carbocycles. The van der Waals surface area contributed by atoms with Crippen LogP contribution in [-0.4, -0.2) is 13.7 Å². The summed E-state index contributed by atoms with van der Waals surface area (Å²) in [7, 11) is 1.65. The van der Waals surface area contributed by atoms with E-state index < -0.39 is 0 Å². The van der Waals surface area contributed by atoms with Crippen molar-refractivity contribution in [1.29, 1.82) is 0 Å². The third-order valence-corrected chi connectivity index (χ3v) is 1.74. The molecule has 1 rings (SSSR count). The van der Waals surface area contributed by atoms with Crippen LogP contribution in [0.1, 0.15) is 5.56 Å². The average molecular weight is 176 g/mol. The lowest BCUT2D eigenvalue weighted by Gasteiger charge is -2.02. The molecule has 0 aliphatic rings. The number of rotatable bonds is 4. The highest BCUT2D eigenvalue weighted by molar-refractivity contribution is 5.27. The highest BCUT2D eigenvalue weighted by Gasteiger charge is 1.93. The molecule has 0 radical (unpaired) electrons. The van der Waals surface area contributed by atoms with Gasteiger partial charge in [0.2, 0.25) is 0 Å². The second-order valence-corrected chi connectivity index (χ2v) is 2.56. The number of ether oxygens (including phenoxy) is 2. The summed E-state index contributed by atoms with van der Waals surface area (Å²) in [5, 5.41) is 0. The second-order valence-electron chi connectivity index (χ2n) is 2.56. The zero-order valence-corrected chi connectivity index (χ0v) is 7.62. The fourth-order valence-electron chi connectivity index (χ4n) is 1.02.